The normalized spacial score (nSPS) is 18.6. The van der Waals surface area contributed by atoms with Crippen molar-refractivity contribution < 1.29 is 22.9 Å². The minimum Gasteiger partial charge on any atom is -0.464 e. The molecule has 10 heteroatoms. The van der Waals surface area contributed by atoms with Crippen molar-refractivity contribution in [3.8, 4) is 0 Å². The number of aliphatic imine (C=N–C) groups is 1. The molecule has 1 aliphatic rings. The number of non-ortho nitro benzene ring substituents is 1. The van der Waals surface area contributed by atoms with E-state index in [0.717, 1.165) is 16.2 Å². The van der Waals surface area contributed by atoms with Gasteiger partial charge in [0.05, 0.1) is 16.4 Å². The van der Waals surface area contributed by atoms with Gasteiger partial charge in [-0.25, -0.2) is 17.5 Å². The summed E-state index contributed by atoms with van der Waals surface area (Å²) in [6.45, 7) is 3.59. The van der Waals surface area contributed by atoms with Gasteiger partial charge in [-0.1, -0.05) is 17.7 Å². The lowest BCUT2D eigenvalue weighted by atomic mass is 10.0. The monoisotopic (exact) mass is 417 g/mol. The fourth-order valence-corrected chi connectivity index (χ4v) is 4.45. The van der Waals surface area contributed by atoms with Crippen LogP contribution in [0.1, 0.15) is 24.1 Å². The number of nitrogens with zero attached hydrogens (tertiary/aromatic N) is 3. The standard InChI is InChI=1S/C19H19N3O6S/c1-3-28-19(23)17-18(14-6-8-15(9-7-14)22(24)25)21(12-20-17)29(26,27)16-10-4-13(2)5-11-16/h4-12,17-18H,3H2,1-2H3/t17-,18-/m1/s1. The molecule has 3 rings (SSSR count). The molecule has 152 valence electrons. The van der Waals surface area contributed by atoms with Gasteiger partial charge < -0.3 is 4.74 Å². The second-order valence-corrected chi connectivity index (χ2v) is 8.25. The molecule has 0 saturated carbocycles. The van der Waals surface area contributed by atoms with Crippen molar-refractivity contribution in [2.75, 3.05) is 6.61 Å². The fourth-order valence-electron chi connectivity index (χ4n) is 3.01. The Hall–Kier alpha value is -3.27. The van der Waals surface area contributed by atoms with E-state index in [9.17, 15) is 23.3 Å². The van der Waals surface area contributed by atoms with Crippen molar-refractivity contribution in [3.05, 3.63) is 69.8 Å². The molecule has 0 fully saturated rings. The van der Waals surface area contributed by atoms with Crippen LogP contribution in [0.25, 0.3) is 0 Å². The lowest BCUT2D eigenvalue weighted by Crippen LogP contribution is -2.37. The molecule has 0 aromatic heterocycles. The number of nitro groups is 1. The van der Waals surface area contributed by atoms with Gasteiger partial charge in [0.25, 0.3) is 15.7 Å². The molecule has 2 atom stereocenters. The first-order chi connectivity index (χ1) is 13.8. The third-order valence-electron chi connectivity index (χ3n) is 4.48. The van der Waals surface area contributed by atoms with Gasteiger partial charge in [-0.2, -0.15) is 0 Å². The third-order valence-corrected chi connectivity index (χ3v) is 6.23. The smallest absolute Gasteiger partial charge is 0.333 e. The summed E-state index contributed by atoms with van der Waals surface area (Å²) in [4.78, 5) is 26.9. The Labute approximate surface area is 167 Å². The molecule has 0 aliphatic carbocycles. The lowest BCUT2D eigenvalue weighted by molar-refractivity contribution is -0.384. The highest BCUT2D eigenvalue weighted by molar-refractivity contribution is 7.89. The van der Waals surface area contributed by atoms with E-state index in [1.165, 1.54) is 36.4 Å². The molecule has 0 saturated heterocycles. The predicted molar refractivity (Wildman–Crippen MR) is 105 cm³/mol. The zero-order valence-electron chi connectivity index (χ0n) is 15.8. The van der Waals surface area contributed by atoms with Gasteiger partial charge >= 0.3 is 5.97 Å². The summed E-state index contributed by atoms with van der Waals surface area (Å²) < 4.78 is 32.4. The minimum atomic E-state index is -4.02. The number of ether oxygens (including phenoxy) is 1. The molecule has 1 heterocycles. The van der Waals surface area contributed by atoms with Gasteiger partial charge in [0, 0.05) is 12.1 Å². The average Bonchev–Trinajstić information content (AvgIpc) is 3.14. The Morgan fingerprint density at radius 1 is 1.17 bits per heavy atom. The molecule has 0 amide bonds. The number of carbonyl (C=O) groups excluding carboxylic acids is 1. The zero-order chi connectivity index (χ0) is 21.2. The van der Waals surface area contributed by atoms with Crippen molar-refractivity contribution in [2.45, 2.75) is 30.8 Å². The van der Waals surface area contributed by atoms with Crippen LogP contribution >= 0.6 is 0 Å². The Kier molecular flexibility index (Phi) is 5.64. The topological polar surface area (TPSA) is 119 Å². The third kappa shape index (κ3) is 3.97. The van der Waals surface area contributed by atoms with Gasteiger partial charge in [0.1, 0.15) is 12.4 Å². The number of hydrogen-bond donors (Lipinski definition) is 0. The first-order valence-corrected chi connectivity index (χ1v) is 10.2. The Morgan fingerprint density at radius 2 is 1.79 bits per heavy atom. The number of hydrogen-bond acceptors (Lipinski definition) is 7. The van der Waals surface area contributed by atoms with Crippen LogP contribution in [0.5, 0.6) is 0 Å². The number of benzene rings is 2. The fraction of sp³-hybridized carbons (Fsp3) is 0.263. The van der Waals surface area contributed by atoms with E-state index < -0.39 is 33.0 Å². The summed E-state index contributed by atoms with van der Waals surface area (Å²) in [5.41, 5.74) is 1.14. The van der Waals surface area contributed by atoms with E-state index >= 15 is 0 Å². The molecule has 29 heavy (non-hydrogen) atoms. The SMILES string of the molecule is CCOC(=O)[C@@H]1N=CN(S(=O)(=O)c2ccc(C)cc2)[C@@H]1c1ccc([N+](=O)[O-])cc1. The van der Waals surface area contributed by atoms with Crippen molar-refractivity contribution in [3.63, 3.8) is 0 Å². The predicted octanol–water partition coefficient (Wildman–Crippen LogP) is 2.61. The van der Waals surface area contributed by atoms with Crippen LogP contribution in [0.15, 0.2) is 58.4 Å². The lowest BCUT2D eigenvalue weighted by Gasteiger charge is -2.27. The Balaban J connectivity index is 2.05. The van der Waals surface area contributed by atoms with E-state index in [4.69, 9.17) is 4.74 Å². The maximum Gasteiger partial charge on any atom is 0.333 e. The first kappa shape index (κ1) is 20.5. The molecule has 1 aliphatic heterocycles. The molecule has 0 spiro atoms. The van der Waals surface area contributed by atoms with Crippen LogP contribution in [0.4, 0.5) is 5.69 Å². The van der Waals surface area contributed by atoms with Crippen LogP contribution in [0.2, 0.25) is 0 Å². The molecule has 0 radical (unpaired) electrons. The number of esters is 1. The molecular formula is C19H19N3O6S. The van der Waals surface area contributed by atoms with E-state index in [-0.39, 0.29) is 17.2 Å². The second-order valence-electron chi connectivity index (χ2n) is 6.40. The average molecular weight is 417 g/mol. The zero-order valence-corrected chi connectivity index (χ0v) is 16.6. The number of sulfonamides is 1. The van der Waals surface area contributed by atoms with Gasteiger partial charge in [-0.15, -0.1) is 0 Å². The molecule has 0 bridgehead atoms. The van der Waals surface area contributed by atoms with Gasteiger partial charge in [-0.05, 0) is 43.7 Å². The van der Waals surface area contributed by atoms with Crippen LogP contribution in [-0.4, -0.2) is 42.6 Å². The minimum absolute atomic E-state index is 0.0472. The first-order valence-electron chi connectivity index (χ1n) is 8.80. The summed E-state index contributed by atoms with van der Waals surface area (Å²) in [6, 6.07) is 9.51. The largest absolute Gasteiger partial charge is 0.464 e. The van der Waals surface area contributed by atoms with E-state index in [1.807, 2.05) is 6.92 Å². The summed E-state index contributed by atoms with van der Waals surface area (Å²) >= 11 is 0. The highest BCUT2D eigenvalue weighted by Crippen LogP contribution is 2.35. The Bertz CT molecular complexity index is 1050. The van der Waals surface area contributed by atoms with Crippen LogP contribution in [0, 0.1) is 17.0 Å². The maximum atomic E-state index is 13.2. The summed E-state index contributed by atoms with van der Waals surface area (Å²) in [7, 11) is -4.02. The summed E-state index contributed by atoms with van der Waals surface area (Å²) in [6.07, 6.45) is 1.10. The second kappa shape index (κ2) is 8.00. The van der Waals surface area contributed by atoms with Crippen LogP contribution in [-0.2, 0) is 19.6 Å². The van der Waals surface area contributed by atoms with Crippen LogP contribution in [0.3, 0.4) is 0 Å². The van der Waals surface area contributed by atoms with E-state index in [2.05, 4.69) is 4.99 Å². The highest BCUT2D eigenvalue weighted by atomic mass is 32.2. The molecule has 0 N–H and O–H groups in total. The molecule has 2 aromatic carbocycles. The highest BCUT2D eigenvalue weighted by Gasteiger charge is 2.44. The quantitative estimate of drug-likeness (QED) is 0.405. The van der Waals surface area contributed by atoms with Gasteiger partial charge in [-0.3, -0.25) is 15.1 Å². The summed E-state index contributed by atoms with van der Waals surface area (Å²) in [5.74, 6) is -0.672. The molecule has 2 aromatic rings. The van der Waals surface area contributed by atoms with Crippen molar-refractivity contribution >= 4 is 28.0 Å². The number of rotatable bonds is 6. The van der Waals surface area contributed by atoms with Crippen molar-refractivity contribution in [2.24, 2.45) is 4.99 Å². The van der Waals surface area contributed by atoms with Gasteiger partial charge in [0.2, 0.25) is 0 Å². The number of nitro benzene ring substituents is 1. The van der Waals surface area contributed by atoms with E-state index in [1.54, 1.807) is 19.1 Å². The van der Waals surface area contributed by atoms with E-state index in [0.29, 0.717) is 5.56 Å². The van der Waals surface area contributed by atoms with Gasteiger partial charge in [0.15, 0.2) is 6.04 Å². The summed E-state index contributed by atoms with van der Waals surface area (Å²) in [5, 5.41) is 10.9. The van der Waals surface area contributed by atoms with Crippen LogP contribution < -0.4 is 0 Å². The number of aryl methyl sites for hydroxylation is 1. The van der Waals surface area contributed by atoms with Crippen molar-refractivity contribution in [1.82, 2.24) is 4.31 Å². The molecule has 0 unspecified atom stereocenters. The molecular weight excluding hydrogens is 398 g/mol. The molecule has 9 nitrogen and oxygen atoms in total. The number of carbonyl (C=O) groups is 1. The Morgan fingerprint density at radius 3 is 2.34 bits per heavy atom. The maximum absolute atomic E-state index is 13.2. The van der Waals surface area contributed by atoms with Crippen molar-refractivity contribution in [1.29, 1.82) is 0 Å².